The van der Waals surface area contributed by atoms with Gasteiger partial charge in [0.15, 0.2) is 27.0 Å². The largest absolute Gasteiger partial charge is 0.482 e. The van der Waals surface area contributed by atoms with Crippen LogP contribution in [0.1, 0.15) is 17.5 Å². The van der Waals surface area contributed by atoms with Crippen molar-refractivity contribution < 1.29 is 28.5 Å². The van der Waals surface area contributed by atoms with Crippen molar-refractivity contribution in [3.05, 3.63) is 145 Å². The van der Waals surface area contributed by atoms with Crippen LogP contribution in [-0.4, -0.2) is 31.3 Å². The molecular formula is C37H29O6S+. The van der Waals surface area contributed by atoms with Crippen LogP contribution >= 0.6 is 10.5 Å². The number of esters is 2. The lowest BCUT2D eigenvalue weighted by molar-refractivity contribution is -0.163. The van der Waals surface area contributed by atoms with Gasteiger partial charge in [0.25, 0.3) is 5.79 Å². The number of rotatable bonds is 9. The molecule has 0 radical (unpaired) electrons. The lowest BCUT2D eigenvalue weighted by atomic mass is 9.97. The van der Waals surface area contributed by atoms with Gasteiger partial charge in [-0.05, 0) is 36.4 Å². The number of carbonyl (C=O) groups is 2. The minimum atomic E-state index is -1.35. The van der Waals surface area contributed by atoms with Crippen LogP contribution in [0.2, 0.25) is 0 Å². The Bertz CT molecular complexity index is 1840. The van der Waals surface area contributed by atoms with Crippen molar-refractivity contribution in [2.45, 2.75) is 18.3 Å². The minimum absolute atomic E-state index is 0.0117. The molecule has 6 aromatic rings. The van der Waals surface area contributed by atoms with Gasteiger partial charge in [-0.2, -0.15) is 0 Å². The van der Waals surface area contributed by atoms with Gasteiger partial charge < -0.3 is 18.9 Å². The predicted octanol–water partition coefficient (Wildman–Crippen LogP) is 7.89. The van der Waals surface area contributed by atoms with Gasteiger partial charge in [-0.25, -0.2) is 9.59 Å². The third-order valence-electron chi connectivity index (χ3n) is 7.69. The van der Waals surface area contributed by atoms with Crippen molar-refractivity contribution in [2.75, 3.05) is 13.2 Å². The average Bonchev–Trinajstić information content (AvgIpc) is 3.60. The zero-order valence-corrected chi connectivity index (χ0v) is 24.6. The molecule has 2 heterocycles. The Balaban J connectivity index is 0.964. The molecule has 1 aliphatic rings. The normalized spacial score (nSPS) is 15.7. The maximum Gasteiger partial charge on any atom is 0.344 e. The summed E-state index contributed by atoms with van der Waals surface area (Å²) < 4.78 is 25.8. The Labute approximate surface area is 257 Å². The minimum Gasteiger partial charge on any atom is -0.482 e. The van der Waals surface area contributed by atoms with Crippen LogP contribution in [0.15, 0.2) is 133 Å². The number of benzene rings is 5. The van der Waals surface area contributed by atoms with Crippen LogP contribution in [0.5, 0.6) is 5.75 Å². The van der Waals surface area contributed by atoms with Gasteiger partial charge in [-0.15, -0.1) is 0 Å². The molecule has 218 valence electrons. The summed E-state index contributed by atoms with van der Waals surface area (Å²) in [6, 6.07) is 43.6. The molecular weight excluding hydrogens is 572 g/mol. The maximum atomic E-state index is 12.9. The molecule has 7 heteroatoms. The fourth-order valence-corrected chi connectivity index (χ4v) is 8.01. The predicted molar refractivity (Wildman–Crippen MR) is 171 cm³/mol. The molecule has 0 spiro atoms. The molecule has 1 aliphatic heterocycles. The first-order chi connectivity index (χ1) is 21.6. The summed E-state index contributed by atoms with van der Waals surface area (Å²) in [6.45, 7) is -0.257. The van der Waals surface area contributed by atoms with Gasteiger partial charge in [0.2, 0.25) is 0 Å². The quantitative estimate of drug-likeness (QED) is 0.124. The number of thiophene rings is 1. The molecule has 1 unspecified atom stereocenters. The molecule has 1 aromatic heterocycles. The van der Waals surface area contributed by atoms with E-state index in [9.17, 15) is 9.59 Å². The SMILES string of the molecule is O=C(COc1ccc(-[s+]2c3ccccc3c3ccccc32)cc1)OCCC1OC(c2ccccc2)(c2ccccc2)OC1=O. The van der Waals surface area contributed by atoms with E-state index in [2.05, 4.69) is 60.7 Å². The van der Waals surface area contributed by atoms with E-state index in [1.165, 1.54) is 25.1 Å². The molecule has 7 rings (SSSR count). The van der Waals surface area contributed by atoms with E-state index in [0.29, 0.717) is 16.9 Å². The molecule has 0 bridgehead atoms. The van der Waals surface area contributed by atoms with Gasteiger partial charge in [0.1, 0.15) is 5.75 Å². The molecule has 1 atom stereocenters. The Morgan fingerprint density at radius 2 is 1.25 bits per heavy atom. The van der Waals surface area contributed by atoms with Gasteiger partial charge in [-0.1, -0.05) is 84.9 Å². The van der Waals surface area contributed by atoms with Crippen molar-refractivity contribution in [1.29, 1.82) is 0 Å². The highest BCUT2D eigenvalue weighted by atomic mass is 32.2. The molecule has 44 heavy (non-hydrogen) atoms. The third kappa shape index (κ3) is 5.21. The summed E-state index contributed by atoms with van der Waals surface area (Å²) in [4.78, 5) is 26.5. The first-order valence-corrected chi connectivity index (χ1v) is 15.7. The smallest absolute Gasteiger partial charge is 0.344 e. The van der Waals surface area contributed by atoms with Gasteiger partial charge in [-0.3, -0.25) is 0 Å². The Kier molecular flexibility index (Phi) is 7.56. The second-order valence-corrected chi connectivity index (χ2v) is 12.4. The van der Waals surface area contributed by atoms with Crippen molar-refractivity contribution in [1.82, 2.24) is 0 Å². The first-order valence-electron chi connectivity index (χ1n) is 14.5. The second kappa shape index (κ2) is 12.0. The highest BCUT2D eigenvalue weighted by Crippen LogP contribution is 2.48. The van der Waals surface area contributed by atoms with Crippen molar-refractivity contribution in [3.63, 3.8) is 0 Å². The highest BCUT2D eigenvalue weighted by Gasteiger charge is 2.50. The second-order valence-electron chi connectivity index (χ2n) is 10.4. The van der Waals surface area contributed by atoms with Gasteiger partial charge >= 0.3 is 11.9 Å². The highest BCUT2D eigenvalue weighted by molar-refractivity contribution is 7.50. The molecule has 0 N–H and O–H groups in total. The lowest BCUT2D eigenvalue weighted by Gasteiger charge is -2.27. The molecule has 0 aliphatic carbocycles. The van der Waals surface area contributed by atoms with Crippen LogP contribution in [-0.2, 0) is 29.6 Å². The zero-order valence-electron chi connectivity index (χ0n) is 23.8. The molecule has 0 saturated carbocycles. The molecule has 0 amide bonds. The Morgan fingerprint density at radius 3 is 1.84 bits per heavy atom. The van der Waals surface area contributed by atoms with Crippen molar-refractivity contribution in [2.24, 2.45) is 0 Å². The summed E-state index contributed by atoms with van der Waals surface area (Å²) in [5.41, 5.74) is 1.42. The Morgan fingerprint density at radius 1 is 0.705 bits per heavy atom. The zero-order chi connectivity index (χ0) is 29.9. The van der Waals surface area contributed by atoms with Gasteiger partial charge in [0.05, 0.1) is 6.61 Å². The molecule has 1 fully saturated rings. The van der Waals surface area contributed by atoms with E-state index < -0.39 is 23.8 Å². The Hall–Kier alpha value is -4.98. The summed E-state index contributed by atoms with van der Waals surface area (Å²) in [5, 5.41) is 2.55. The third-order valence-corrected chi connectivity index (χ3v) is 10.0. The number of cyclic esters (lactones) is 1. The number of ether oxygens (including phenoxy) is 4. The average molecular weight is 602 g/mol. The topological polar surface area (TPSA) is 71.1 Å². The molecule has 6 nitrogen and oxygen atoms in total. The molecule has 5 aromatic carbocycles. The van der Waals surface area contributed by atoms with E-state index in [4.69, 9.17) is 18.9 Å². The standard InChI is InChI=1S/C37H29O6S/c38-35(40-24-23-32-36(39)43-37(42-32,26-11-3-1-4-12-26)27-13-5-2-6-14-27)25-41-28-19-21-29(22-20-28)44-33-17-9-7-15-30(33)31-16-8-10-18-34(31)44/h1-22,32H,23-25H2/q+1. The van der Waals surface area contributed by atoms with Crippen LogP contribution in [0.4, 0.5) is 0 Å². The number of fused-ring (bicyclic) bond motifs is 3. The lowest BCUT2D eigenvalue weighted by Crippen LogP contribution is -2.30. The van der Waals surface area contributed by atoms with Crippen molar-refractivity contribution in [3.8, 4) is 10.6 Å². The van der Waals surface area contributed by atoms with Crippen LogP contribution in [0.3, 0.4) is 0 Å². The molecule has 1 saturated heterocycles. The van der Waals surface area contributed by atoms with Crippen LogP contribution in [0.25, 0.3) is 25.1 Å². The van der Waals surface area contributed by atoms with E-state index in [1.807, 2.05) is 72.8 Å². The number of hydrogen-bond donors (Lipinski definition) is 0. The van der Waals surface area contributed by atoms with E-state index in [1.54, 1.807) is 0 Å². The summed E-state index contributed by atoms with van der Waals surface area (Å²) in [5.74, 6) is -1.81. The van der Waals surface area contributed by atoms with E-state index in [-0.39, 0.29) is 30.1 Å². The summed E-state index contributed by atoms with van der Waals surface area (Å²) in [7, 11) is -0.197. The van der Waals surface area contributed by atoms with E-state index in [0.717, 1.165) is 0 Å². The van der Waals surface area contributed by atoms with Crippen molar-refractivity contribution >= 4 is 42.6 Å². The van der Waals surface area contributed by atoms with Crippen LogP contribution < -0.4 is 4.74 Å². The van der Waals surface area contributed by atoms with Gasteiger partial charge in [0, 0.05) is 50.9 Å². The monoisotopic (exact) mass is 601 g/mol. The van der Waals surface area contributed by atoms with E-state index >= 15 is 0 Å². The maximum absolute atomic E-state index is 12.9. The summed E-state index contributed by atoms with van der Waals surface area (Å²) >= 11 is 0. The first kappa shape index (κ1) is 27.8. The number of carbonyl (C=O) groups excluding carboxylic acids is 2. The van der Waals surface area contributed by atoms with Crippen LogP contribution in [0, 0.1) is 0 Å². The summed E-state index contributed by atoms with van der Waals surface area (Å²) in [6.07, 6.45) is -0.727. The fraction of sp³-hybridized carbons (Fsp3) is 0.135. The number of hydrogen-bond acceptors (Lipinski definition) is 6. The fourth-order valence-electron chi connectivity index (χ4n) is 5.63.